The Hall–Kier alpha value is -1.23. The number of halogens is 2. The summed E-state index contributed by atoms with van der Waals surface area (Å²) in [6.45, 7) is 1.90. The lowest BCUT2D eigenvalue weighted by atomic mass is 10.1. The zero-order valence-electron chi connectivity index (χ0n) is 7.22. The van der Waals surface area contributed by atoms with E-state index in [-0.39, 0.29) is 18.1 Å². The Morgan fingerprint density at radius 1 is 1.54 bits per heavy atom. The number of nitrogens with two attached hydrogens (primary N) is 2. The van der Waals surface area contributed by atoms with Gasteiger partial charge in [-0.2, -0.15) is 0 Å². The van der Waals surface area contributed by atoms with Crippen LogP contribution in [0.15, 0.2) is 6.07 Å². The summed E-state index contributed by atoms with van der Waals surface area (Å²) in [6, 6.07) is 1.29. The Kier molecular flexibility index (Phi) is 2.77. The van der Waals surface area contributed by atoms with Crippen molar-refractivity contribution in [1.82, 2.24) is 4.98 Å². The van der Waals surface area contributed by atoms with Crippen molar-refractivity contribution in [3.05, 3.63) is 22.9 Å². The van der Waals surface area contributed by atoms with Gasteiger partial charge in [0, 0.05) is 6.54 Å². The fourth-order valence-electron chi connectivity index (χ4n) is 1.03. The summed E-state index contributed by atoms with van der Waals surface area (Å²) in [5.74, 6) is 0.123. The molecule has 5 heteroatoms. The van der Waals surface area contributed by atoms with Crippen LogP contribution in [-0.4, -0.2) is 4.98 Å². The summed E-state index contributed by atoms with van der Waals surface area (Å²) in [5, 5.41) is 0. The molecule has 0 aliphatic carbocycles. The van der Waals surface area contributed by atoms with Crippen LogP contribution in [-0.2, 0) is 6.54 Å². The van der Waals surface area contributed by atoms with Crippen molar-refractivity contribution in [2.45, 2.75) is 19.9 Å². The molecule has 1 aromatic rings. The average Bonchev–Trinajstić information content (AvgIpc) is 2.09. The minimum absolute atomic E-state index is 0.123. The second-order valence-electron chi connectivity index (χ2n) is 2.72. The Balaban J connectivity index is 3.22. The summed E-state index contributed by atoms with van der Waals surface area (Å²) in [4.78, 5) is 3.55. The standard InChI is InChI=1S/C8H11F2N3/c1-4-5(3-11)2-6(7(9)10)13-8(4)12/h2,7H,3,11H2,1H3,(H2,12,13). The van der Waals surface area contributed by atoms with E-state index in [4.69, 9.17) is 11.5 Å². The lowest BCUT2D eigenvalue weighted by molar-refractivity contribution is 0.146. The molecule has 1 rings (SSSR count). The van der Waals surface area contributed by atoms with Gasteiger partial charge >= 0.3 is 0 Å². The van der Waals surface area contributed by atoms with Gasteiger partial charge in [0.25, 0.3) is 6.43 Å². The lowest BCUT2D eigenvalue weighted by Crippen LogP contribution is -2.06. The SMILES string of the molecule is Cc1c(CN)cc(C(F)F)nc1N. The van der Waals surface area contributed by atoms with E-state index in [9.17, 15) is 8.78 Å². The molecule has 0 amide bonds. The Labute approximate surface area is 74.8 Å². The molecule has 0 saturated heterocycles. The largest absolute Gasteiger partial charge is 0.383 e. The van der Waals surface area contributed by atoms with Crippen LogP contribution in [0.5, 0.6) is 0 Å². The van der Waals surface area contributed by atoms with E-state index < -0.39 is 6.43 Å². The van der Waals surface area contributed by atoms with Crippen molar-refractivity contribution < 1.29 is 8.78 Å². The molecule has 1 aromatic heterocycles. The quantitative estimate of drug-likeness (QED) is 0.734. The van der Waals surface area contributed by atoms with Crippen LogP contribution in [0.3, 0.4) is 0 Å². The fourth-order valence-corrected chi connectivity index (χ4v) is 1.03. The molecule has 1 heterocycles. The summed E-state index contributed by atoms with van der Waals surface area (Å²) in [6.07, 6.45) is -2.60. The van der Waals surface area contributed by atoms with E-state index in [0.29, 0.717) is 11.1 Å². The molecule has 4 N–H and O–H groups in total. The first-order valence-electron chi connectivity index (χ1n) is 3.80. The number of rotatable bonds is 2. The third-order valence-electron chi connectivity index (χ3n) is 1.88. The summed E-state index contributed by atoms with van der Waals surface area (Å²) in [7, 11) is 0. The van der Waals surface area contributed by atoms with Crippen molar-refractivity contribution in [2.24, 2.45) is 5.73 Å². The van der Waals surface area contributed by atoms with Crippen LogP contribution in [0, 0.1) is 6.92 Å². The number of alkyl halides is 2. The zero-order chi connectivity index (χ0) is 10.0. The molecule has 0 aliphatic heterocycles. The lowest BCUT2D eigenvalue weighted by Gasteiger charge is -2.08. The molecule has 3 nitrogen and oxygen atoms in total. The van der Waals surface area contributed by atoms with Crippen LogP contribution in [0.2, 0.25) is 0 Å². The van der Waals surface area contributed by atoms with Crippen molar-refractivity contribution in [1.29, 1.82) is 0 Å². The molecule has 72 valence electrons. The molecule has 0 aromatic carbocycles. The molecule has 0 fully saturated rings. The van der Waals surface area contributed by atoms with Gasteiger partial charge in [-0.3, -0.25) is 0 Å². The van der Waals surface area contributed by atoms with Gasteiger partial charge in [0.15, 0.2) is 0 Å². The molecule has 0 bridgehead atoms. The summed E-state index contributed by atoms with van der Waals surface area (Å²) >= 11 is 0. The predicted molar refractivity (Wildman–Crippen MR) is 46.2 cm³/mol. The van der Waals surface area contributed by atoms with Crippen LogP contribution in [0.4, 0.5) is 14.6 Å². The van der Waals surface area contributed by atoms with Gasteiger partial charge in [-0.05, 0) is 24.1 Å². The highest BCUT2D eigenvalue weighted by atomic mass is 19.3. The first-order chi connectivity index (χ1) is 6.06. The third-order valence-corrected chi connectivity index (χ3v) is 1.88. The van der Waals surface area contributed by atoms with Gasteiger partial charge in [-0.1, -0.05) is 0 Å². The molecular weight excluding hydrogens is 176 g/mol. The van der Waals surface area contributed by atoms with Crippen LogP contribution in [0.1, 0.15) is 23.2 Å². The third kappa shape index (κ3) is 1.92. The van der Waals surface area contributed by atoms with Crippen LogP contribution >= 0.6 is 0 Å². The number of nitrogen functional groups attached to an aromatic ring is 1. The van der Waals surface area contributed by atoms with Crippen molar-refractivity contribution >= 4 is 5.82 Å². The Morgan fingerprint density at radius 2 is 2.15 bits per heavy atom. The number of anilines is 1. The number of nitrogens with zero attached hydrogens (tertiary/aromatic N) is 1. The molecule has 0 saturated carbocycles. The maximum atomic E-state index is 12.2. The monoisotopic (exact) mass is 187 g/mol. The van der Waals surface area contributed by atoms with E-state index in [1.807, 2.05) is 0 Å². The Morgan fingerprint density at radius 3 is 2.62 bits per heavy atom. The highest BCUT2D eigenvalue weighted by molar-refractivity contribution is 5.45. The molecule has 0 spiro atoms. The van der Waals surface area contributed by atoms with E-state index in [1.165, 1.54) is 6.07 Å². The van der Waals surface area contributed by atoms with Crippen molar-refractivity contribution in [2.75, 3.05) is 5.73 Å². The smallest absolute Gasteiger partial charge is 0.280 e. The van der Waals surface area contributed by atoms with Crippen LogP contribution in [0.25, 0.3) is 0 Å². The average molecular weight is 187 g/mol. The van der Waals surface area contributed by atoms with E-state index in [0.717, 1.165) is 0 Å². The summed E-state index contributed by atoms with van der Waals surface area (Å²) in [5.41, 5.74) is 11.8. The van der Waals surface area contributed by atoms with Crippen molar-refractivity contribution in [3.63, 3.8) is 0 Å². The molecule has 0 aliphatic rings. The molecule has 0 radical (unpaired) electrons. The fraction of sp³-hybridized carbons (Fsp3) is 0.375. The zero-order valence-corrected chi connectivity index (χ0v) is 7.22. The highest BCUT2D eigenvalue weighted by Crippen LogP contribution is 2.22. The molecule has 0 unspecified atom stereocenters. The highest BCUT2D eigenvalue weighted by Gasteiger charge is 2.12. The molecule has 0 atom stereocenters. The van der Waals surface area contributed by atoms with E-state index in [2.05, 4.69) is 4.98 Å². The van der Waals surface area contributed by atoms with Gasteiger partial charge < -0.3 is 11.5 Å². The second kappa shape index (κ2) is 3.66. The normalized spacial score (nSPS) is 10.8. The Bertz CT molecular complexity index is 313. The number of hydrogen-bond donors (Lipinski definition) is 2. The number of pyridine rings is 1. The predicted octanol–water partition coefficient (Wildman–Crippen LogP) is 1.37. The first-order valence-corrected chi connectivity index (χ1v) is 3.80. The van der Waals surface area contributed by atoms with Gasteiger partial charge in [-0.15, -0.1) is 0 Å². The van der Waals surface area contributed by atoms with E-state index in [1.54, 1.807) is 6.92 Å². The molecular formula is C8H11F2N3. The number of aromatic nitrogens is 1. The molecule has 13 heavy (non-hydrogen) atoms. The maximum Gasteiger partial charge on any atom is 0.280 e. The van der Waals surface area contributed by atoms with Gasteiger partial charge in [0.05, 0.1) is 0 Å². The second-order valence-corrected chi connectivity index (χ2v) is 2.72. The number of hydrogen-bond acceptors (Lipinski definition) is 3. The van der Waals surface area contributed by atoms with Gasteiger partial charge in [-0.25, -0.2) is 13.8 Å². The minimum atomic E-state index is -2.60. The maximum absolute atomic E-state index is 12.2. The van der Waals surface area contributed by atoms with Crippen LogP contribution < -0.4 is 11.5 Å². The van der Waals surface area contributed by atoms with Crippen molar-refractivity contribution in [3.8, 4) is 0 Å². The summed E-state index contributed by atoms with van der Waals surface area (Å²) < 4.78 is 24.5. The van der Waals surface area contributed by atoms with E-state index >= 15 is 0 Å². The topological polar surface area (TPSA) is 64.9 Å². The first kappa shape index (κ1) is 9.85. The van der Waals surface area contributed by atoms with Gasteiger partial charge in [0.1, 0.15) is 11.5 Å². The van der Waals surface area contributed by atoms with Gasteiger partial charge in [0.2, 0.25) is 0 Å². The minimum Gasteiger partial charge on any atom is -0.383 e.